The summed E-state index contributed by atoms with van der Waals surface area (Å²) >= 11 is 8.98. The van der Waals surface area contributed by atoms with E-state index in [2.05, 4.69) is 57.8 Å². The minimum atomic E-state index is 0.801. The van der Waals surface area contributed by atoms with Crippen LogP contribution in [0.25, 0.3) is 0 Å². The molecular formula is C13H18Br2OS. The summed E-state index contributed by atoms with van der Waals surface area (Å²) in [6.07, 6.45) is 1.11. The highest BCUT2D eigenvalue weighted by Crippen LogP contribution is 2.29. The van der Waals surface area contributed by atoms with Gasteiger partial charge in [0.15, 0.2) is 0 Å². The Kier molecular flexibility index (Phi) is 7.64. The number of benzene rings is 1. The third kappa shape index (κ3) is 5.23. The molecule has 0 aliphatic carbocycles. The fraction of sp³-hybridized carbons (Fsp3) is 0.538. The van der Waals surface area contributed by atoms with Gasteiger partial charge in [-0.25, -0.2) is 0 Å². The van der Waals surface area contributed by atoms with Gasteiger partial charge in [-0.15, -0.1) is 0 Å². The van der Waals surface area contributed by atoms with Crippen LogP contribution in [-0.4, -0.2) is 18.1 Å². The van der Waals surface area contributed by atoms with Crippen LogP contribution >= 0.6 is 43.6 Å². The Bertz CT molecular complexity index is 356. The van der Waals surface area contributed by atoms with Crippen LogP contribution in [0.3, 0.4) is 0 Å². The molecule has 0 spiro atoms. The largest absolute Gasteiger partial charge is 0.493 e. The van der Waals surface area contributed by atoms with Crippen molar-refractivity contribution < 1.29 is 4.74 Å². The number of aryl methyl sites for hydroxylation is 1. The van der Waals surface area contributed by atoms with E-state index in [-0.39, 0.29) is 0 Å². The average molecular weight is 382 g/mol. The molecule has 0 aromatic heterocycles. The Morgan fingerprint density at radius 1 is 1.35 bits per heavy atom. The Morgan fingerprint density at radius 2 is 2.12 bits per heavy atom. The minimum Gasteiger partial charge on any atom is -0.493 e. The molecule has 0 heterocycles. The van der Waals surface area contributed by atoms with E-state index in [1.165, 1.54) is 22.6 Å². The van der Waals surface area contributed by atoms with Crippen molar-refractivity contribution >= 4 is 43.6 Å². The van der Waals surface area contributed by atoms with Gasteiger partial charge in [0, 0.05) is 15.4 Å². The van der Waals surface area contributed by atoms with E-state index >= 15 is 0 Å². The fourth-order valence-electron chi connectivity index (χ4n) is 1.58. The number of rotatable bonds is 7. The molecule has 0 aliphatic heterocycles. The first kappa shape index (κ1) is 15.4. The number of ether oxygens (including phenoxy) is 1. The maximum Gasteiger partial charge on any atom is 0.126 e. The number of hydrogen-bond donors (Lipinski definition) is 0. The minimum absolute atomic E-state index is 0.801. The van der Waals surface area contributed by atoms with Gasteiger partial charge in [-0.3, -0.25) is 0 Å². The quantitative estimate of drug-likeness (QED) is 0.475. The zero-order valence-electron chi connectivity index (χ0n) is 10.3. The Hall–Kier alpha value is 0.330. The predicted molar refractivity (Wildman–Crippen MR) is 84.6 cm³/mol. The smallest absolute Gasteiger partial charge is 0.126 e. The molecule has 0 radical (unpaired) electrons. The number of hydrogen-bond acceptors (Lipinski definition) is 2. The maximum atomic E-state index is 5.90. The predicted octanol–water partition coefficient (Wildman–Crippen LogP) is 5.17. The summed E-state index contributed by atoms with van der Waals surface area (Å²) in [4.78, 5) is 0. The van der Waals surface area contributed by atoms with Crippen LogP contribution in [0, 0.1) is 6.92 Å². The van der Waals surface area contributed by atoms with Crippen molar-refractivity contribution in [2.75, 3.05) is 18.1 Å². The van der Waals surface area contributed by atoms with E-state index in [0.29, 0.717) is 0 Å². The lowest BCUT2D eigenvalue weighted by atomic mass is 10.1. The van der Waals surface area contributed by atoms with E-state index in [0.717, 1.165) is 28.6 Å². The molecule has 0 N–H and O–H groups in total. The SMILES string of the molecule is CCSCCCOc1c(C)cc(Br)cc1CBr. The number of halogens is 2. The van der Waals surface area contributed by atoms with Crippen LogP contribution in [0.1, 0.15) is 24.5 Å². The first-order chi connectivity index (χ1) is 8.19. The van der Waals surface area contributed by atoms with Crippen LogP contribution in [0.5, 0.6) is 5.75 Å². The maximum absolute atomic E-state index is 5.90. The van der Waals surface area contributed by atoms with E-state index in [9.17, 15) is 0 Å². The number of thioether (sulfide) groups is 1. The van der Waals surface area contributed by atoms with E-state index < -0.39 is 0 Å². The molecule has 0 saturated heterocycles. The number of alkyl halides is 1. The van der Waals surface area contributed by atoms with E-state index in [1.54, 1.807) is 0 Å². The topological polar surface area (TPSA) is 9.23 Å². The summed E-state index contributed by atoms with van der Waals surface area (Å²) in [7, 11) is 0. The molecule has 0 bridgehead atoms. The molecule has 0 unspecified atom stereocenters. The van der Waals surface area contributed by atoms with E-state index in [4.69, 9.17) is 4.74 Å². The van der Waals surface area contributed by atoms with Crippen molar-refractivity contribution in [2.24, 2.45) is 0 Å². The highest BCUT2D eigenvalue weighted by Gasteiger charge is 2.07. The summed E-state index contributed by atoms with van der Waals surface area (Å²) in [6.45, 7) is 5.08. The molecular weight excluding hydrogens is 364 g/mol. The van der Waals surface area contributed by atoms with Crippen molar-refractivity contribution in [3.63, 3.8) is 0 Å². The first-order valence-electron chi connectivity index (χ1n) is 5.74. The van der Waals surface area contributed by atoms with Gasteiger partial charge < -0.3 is 4.74 Å². The highest BCUT2D eigenvalue weighted by molar-refractivity contribution is 9.10. The van der Waals surface area contributed by atoms with Gasteiger partial charge in [0.1, 0.15) is 5.75 Å². The summed E-state index contributed by atoms with van der Waals surface area (Å²) in [5.74, 6) is 3.39. The second-order valence-corrected chi connectivity index (χ2v) is 6.61. The summed E-state index contributed by atoms with van der Waals surface area (Å²) in [6, 6.07) is 4.21. The van der Waals surface area contributed by atoms with Gasteiger partial charge in [-0.05, 0) is 42.5 Å². The molecule has 96 valence electrons. The van der Waals surface area contributed by atoms with Crippen molar-refractivity contribution in [2.45, 2.75) is 25.6 Å². The van der Waals surface area contributed by atoms with Gasteiger partial charge in [-0.2, -0.15) is 11.8 Å². The van der Waals surface area contributed by atoms with Gasteiger partial charge in [0.2, 0.25) is 0 Å². The Balaban J connectivity index is 2.57. The molecule has 1 nitrogen and oxygen atoms in total. The Labute approximate surface area is 125 Å². The standard InChI is InChI=1S/C13H18Br2OS/c1-3-17-6-4-5-16-13-10(2)7-12(15)8-11(13)9-14/h7-8H,3-6,9H2,1-2H3. The second kappa shape index (κ2) is 8.44. The summed E-state index contributed by atoms with van der Waals surface area (Å²) in [5, 5.41) is 0.826. The third-order valence-electron chi connectivity index (χ3n) is 2.34. The van der Waals surface area contributed by atoms with Crippen molar-refractivity contribution in [3.8, 4) is 5.75 Å². The lowest BCUT2D eigenvalue weighted by Crippen LogP contribution is -2.02. The molecule has 17 heavy (non-hydrogen) atoms. The van der Waals surface area contributed by atoms with Gasteiger partial charge >= 0.3 is 0 Å². The van der Waals surface area contributed by atoms with E-state index in [1.807, 2.05) is 11.8 Å². The molecule has 1 rings (SSSR count). The summed E-state index contributed by atoms with van der Waals surface area (Å²) < 4.78 is 7.01. The molecule has 4 heteroatoms. The summed E-state index contributed by atoms with van der Waals surface area (Å²) in [5.41, 5.74) is 2.40. The Morgan fingerprint density at radius 3 is 2.76 bits per heavy atom. The van der Waals surface area contributed by atoms with Crippen LogP contribution < -0.4 is 4.74 Å². The zero-order chi connectivity index (χ0) is 12.7. The molecule has 0 saturated carbocycles. The van der Waals surface area contributed by atoms with Crippen LogP contribution in [0.4, 0.5) is 0 Å². The van der Waals surface area contributed by atoms with Gasteiger partial charge in [0.05, 0.1) is 6.61 Å². The van der Waals surface area contributed by atoms with Gasteiger partial charge in [-0.1, -0.05) is 38.8 Å². The van der Waals surface area contributed by atoms with Crippen LogP contribution in [0.2, 0.25) is 0 Å². The third-order valence-corrected chi connectivity index (χ3v) is 4.39. The monoisotopic (exact) mass is 380 g/mol. The molecule has 0 atom stereocenters. The first-order valence-corrected chi connectivity index (χ1v) is 8.81. The van der Waals surface area contributed by atoms with Gasteiger partial charge in [0.25, 0.3) is 0 Å². The van der Waals surface area contributed by atoms with Crippen molar-refractivity contribution in [1.29, 1.82) is 0 Å². The fourth-order valence-corrected chi connectivity index (χ4v) is 3.23. The zero-order valence-corrected chi connectivity index (χ0v) is 14.3. The second-order valence-electron chi connectivity index (χ2n) is 3.74. The lowest BCUT2D eigenvalue weighted by Gasteiger charge is -2.13. The lowest BCUT2D eigenvalue weighted by molar-refractivity contribution is 0.314. The normalized spacial score (nSPS) is 10.6. The molecule has 0 aliphatic rings. The highest BCUT2D eigenvalue weighted by atomic mass is 79.9. The van der Waals surface area contributed by atoms with Crippen molar-refractivity contribution in [3.05, 3.63) is 27.7 Å². The van der Waals surface area contributed by atoms with Crippen LogP contribution in [-0.2, 0) is 5.33 Å². The molecule has 0 amide bonds. The molecule has 0 fully saturated rings. The molecule has 1 aromatic rings. The van der Waals surface area contributed by atoms with Crippen LogP contribution in [0.15, 0.2) is 16.6 Å². The average Bonchev–Trinajstić information content (AvgIpc) is 2.30. The van der Waals surface area contributed by atoms with Crippen molar-refractivity contribution in [1.82, 2.24) is 0 Å². The molecule has 1 aromatic carbocycles.